The molecule has 0 saturated heterocycles. The topological polar surface area (TPSA) is 75.9 Å². The zero-order valence-corrected chi connectivity index (χ0v) is 9.56. The van der Waals surface area contributed by atoms with E-state index in [1.165, 1.54) is 4.80 Å². The molecule has 0 bridgehead atoms. The van der Waals surface area contributed by atoms with Gasteiger partial charge in [0.2, 0.25) is 0 Å². The molecule has 0 aliphatic rings. The Balaban J connectivity index is 2.32. The summed E-state index contributed by atoms with van der Waals surface area (Å²) in [7, 11) is 1.73. The largest absolute Gasteiger partial charge is 0.389 e. The molecule has 6 nitrogen and oxygen atoms in total. The first-order chi connectivity index (χ1) is 7.09. The van der Waals surface area contributed by atoms with Gasteiger partial charge in [-0.2, -0.15) is 4.80 Å². The number of aromatic nitrogens is 4. The Morgan fingerprint density at radius 3 is 2.53 bits per heavy atom. The quantitative estimate of drug-likeness (QED) is 0.687. The molecule has 2 N–H and O–H groups in total. The van der Waals surface area contributed by atoms with E-state index in [4.69, 9.17) is 0 Å². The number of hydrogen-bond donors (Lipinski definition) is 2. The van der Waals surface area contributed by atoms with Gasteiger partial charge in [0.25, 0.3) is 0 Å². The van der Waals surface area contributed by atoms with Crippen LogP contribution in [0, 0.1) is 0 Å². The summed E-state index contributed by atoms with van der Waals surface area (Å²) in [5.41, 5.74) is -0.623. The summed E-state index contributed by atoms with van der Waals surface area (Å²) in [5, 5.41) is 24.7. The first kappa shape index (κ1) is 12.1. The predicted molar refractivity (Wildman–Crippen MR) is 56.0 cm³/mol. The van der Waals surface area contributed by atoms with Crippen LogP contribution in [0.5, 0.6) is 0 Å². The van der Waals surface area contributed by atoms with Crippen molar-refractivity contribution in [3.05, 3.63) is 5.82 Å². The van der Waals surface area contributed by atoms with Crippen LogP contribution in [0.15, 0.2) is 0 Å². The molecule has 0 spiro atoms. The summed E-state index contributed by atoms with van der Waals surface area (Å²) in [6, 6.07) is 0. The molecule has 6 heteroatoms. The predicted octanol–water partition coefficient (Wildman–Crippen LogP) is -0.149. The molecule has 1 aromatic rings. The molecule has 86 valence electrons. The Morgan fingerprint density at radius 1 is 1.40 bits per heavy atom. The lowest BCUT2D eigenvalue weighted by Crippen LogP contribution is -2.39. The molecule has 0 radical (unpaired) electrons. The number of tetrazole rings is 1. The molecule has 0 aliphatic heterocycles. The smallest absolute Gasteiger partial charge is 0.188 e. The fourth-order valence-electron chi connectivity index (χ4n) is 1.30. The molecule has 1 rings (SSSR count). The van der Waals surface area contributed by atoms with Crippen molar-refractivity contribution in [3.8, 4) is 0 Å². The van der Waals surface area contributed by atoms with E-state index in [1.807, 2.05) is 13.8 Å². The van der Waals surface area contributed by atoms with Crippen molar-refractivity contribution in [1.82, 2.24) is 25.5 Å². The van der Waals surface area contributed by atoms with Crippen LogP contribution in [0.3, 0.4) is 0 Å². The van der Waals surface area contributed by atoms with Crippen molar-refractivity contribution in [3.63, 3.8) is 0 Å². The minimum Gasteiger partial charge on any atom is -0.389 e. The Hall–Kier alpha value is -1.01. The molecular weight excluding hydrogens is 194 g/mol. The normalized spacial score (nSPS) is 12.0. The molecule has 15 heavy (non-hydrogen) atoms. The van der Waals surface area contributed by atoms with Crippen molar-refractivity contribution in [1.29, 1.82) is 0 Å². The van der Waals surface area contributed by atoms with E-state index in [9.17, 15) is 5.11 Å². The fourth-order valence-corrected chi connectivity index (χ4v) is 1.30. The van der Waals surface area contributed by atoms with E-state index < -0.39 is 5.60 Å². The van der Waals surface area contributed by atoms with Crippen molar-refractivity contribution in [2.75, 3.05) is 6.54 Å². The third kappa shape index (κ3) is 3.56. The second-order valence-electron chi connectivity index (χ2n) is 3.73. The number of nitrogens with one attached hydrogen (secondary N) is 1. The van der Waals surface area contributed by atoms with Crippen molar-refractivity contribution >= 4 is 0 Å². The molecule has 0 aromatic carbocycles. The van der Waals surface area contributed by atoms with Crippen LogP contribution in [0.2, 0.25) is 0 Å². The monoisotopic (exact) mass is 213 g/mol. The lowest BCUT2D eigenvalue weighted by Gasteiger charge is -2.25. The molecule has 0 amide bonds. The van der Waals surface area contributed by atoms with Gasteiger partial charge >= 0.3 is 0 Å². The molecule has 0 aliphatic carbocycles. The zero-order chi connectivity index (χ0) is 11.3. The van der Waals surface area contributed by atoms with Crippen molar-refractivity contribution < 1.29 is 5.11 Å². The van der Waals surface area contributed by atoms with Crippen molar-refractivity contribution in [2.24, 2.45) is 7.05 Å². The maximum absolute atomic E-state index is 9.99. The van der Waals surface area contributed by atoms with Gasteiger partial charge in [-0.3, -0.25) is 0 Å². The number of nitrogens with zero attached hydrogens (tertiary/aromatic N) is 4. The van der Waals surface area contributed by atoms with Gasteiger partial charge in [-0.1, -0.05) is 13.8 Å². The van der Waals surface area contributed by atoms with Gasteiger partial charge in [-0.05, 0) is 18.1 Å². The molecule has 1 heterocycles. The first-order valence-electron chi connectivity index (χ1n) is 5.25. The van der Waals surface area contributed by atoms with Crippen LogP contribution >= 0.6 is 0 Å². The number of rotatable bonds is 6. The van der Waals surface area contributed by atoms with E-state index in [0.29, 0.717) is 18.9 Å². The average Bonchev–Trinajstić information content (AvgIpc) is 2.64. The summed E-state index contributed by atoms with van der Waals surface area (Å²) in [6.45, 7) is 5.05. The van der Waals surface area contributed by atoms with Crippen LogP contribution in [-0.4, -0.2) is 37.5 Å². The molecule has 0 saturated carbocycles. The minimum absolute atomic E-state index is 0.538. The lowest BCUT2D eigenvalue weighted by atomic mass is 9.98. The Morgan fingerprint density at radius 2 is 2.07 bits per heavy atom. The summed E-state index contributed by atoms with van der Waals surface area (Å²) in [6.07, 6.45) is 1.48. The number of aryl methyl sites for hydroxylation is 1. The highest BCUT2D eigenvalue weighted by Crippen LogP contribution is 2.12. The molecule has 0 atom stereocenters. The Bertz CT molecular complexity index is 294. The maximum atomic E-state index is 9.99. The maximum Gasteiger partial charge on any atom is 0.188 e. The van der Waals surface area contributed by atoms with Gasteiger partial charge in [0.05, 0.1) is 19.2 Å². The number of aliphatic hydroxyl groups is 1. The Labute approximate surface area is 89.7 Å². The highest BCUT2D eigenvalue weighted by atomic mass is 16.3. The average molecular weight is 213 g/mol. The molecule has 0 fully saturated rings. The van der Waals surface area contributed by atoms with E-state index in [1.54, 1.807) is 7.05 Å². The molecular formula is C9H19N5O. The van der Waals surface area contributed by atoms with E-state index in [2.05, 4.69) is 20.7 Å². The molecule has 1 aromatic heterocycles. The van der Waals surface area contributed by atoms with E-state index >= 15 is 0 Å². The zero-order valence-electron chi connectivity index (χ0n) is 9.56. The highest BCUT2D eigenvalue weighted by Gasteiger charge is 2.21. The van der Waals surface area contributed by atoms with Crippen LogP contribution in [0.25, 0.3) is 0 Å². The summed E-state index contributed by atoms with van der Waals surface area (Å²) in [4.78, 5) is 1.42. The van der Waals surface area contributed by atoms with Gasteiger partial charge in [0.1, 0.15) is 0 Å². The molecule has 0 unspecified atom stereocenters. The minimum atomic E-state index is -0.623. The van der Waals surface area contributed by atoms with Gasteiger partial charge in [0.15, 0.2) is 5.82 Å². The van der Waals surface area contributed by atoms with Gasteiger partial charge in [-0.25, -0.2) is 0 Å². The summed E-state index contributed by atoms with van der Waals surface area (Å²) in [5.74, 6) is 0.645. The lowest BCUT2D eigenvalue weighted by molar-refractivity contribution is 0.0321. The fraction of sp³-hybridized carbons (Fsp3) is 0.889. The van der Waals surface area contributed by atoms with Crippen LogP contribution in [0.4, 0.5) is 0 Å². The summed E-state index contributed by atoms with van der Waals surface area (Å²) >= 11 is 0. The second-order valence-corrected chi connectivity index (χ2v) is 3.73. The van der Waals surface area contributed by atoms with E-state index in [0.717, 1.165) is 12.8 Å². The van der Waals surface area contributed by atoms with Crippen molar-refractivity contribution in [2.45, 2.75) is 38.8 Å². The number of hydrogen-bond acceptors (Lipinski definition) is 5. The SMILES string of the molecule is CCC(O)(CC)CNCc1nnn(C)n1. The Kier molecular flexibility index (Phi) is 4.16. The van der Waals surface area contributed by atoms with Crippen LogP contribution in [-0.2, 0) is 13.6 Å². The third-order valence-corrected chi connectivity index (χ3v) is 2.60. The van der Waals surface area contributed by atoms with Gasteiger partial charge in [-0.15, -0.1) is 10.2 Å². The standard InChI is InChI=1S/C9H19N5O/c1-4-9(15,5-2)7-10-6-8-11-13-14(3)12-8/h10,15H,4-7H2,1-3H3. The van der Waals surface area contributed by atoms with Gasteiger partial charge < -0.3 is 10.4 Å². The third-order valence-electron chi connectivity index (χ3n) is 2.60. The first-order valence-corrected chi connectivity index (χ1v) is 5.25. The second kappa shape index (κ2) is 5.18. The van der Waals surface area contributed by atoms with E-state index in [-0.39, 0.29) is 0 Å². The summed E-state index contributed by atoms with van der Waals surface area (Å²) < 4.78 is 0. The van der Waals surface area contributed by atoms with Gasteiger partial charge in [0, 0.05) is 6.54 Å². The van der Waals surface area contributed by atoms with Crippen LogP contribution in [0.1, 0.15) is 32.5 Å². The van der Waals surface area contributed by atoms with Crippen LogP contribution < -0.4 is 5.32 Å². The highest BCUT2D eigenvalue weighted by molar-refractivity contribution is 4.81.